The summed E-state index contributed by atoms with van der Waals surface area (Å²) in [7, 11) is 1.97. The Bertz CT molecular complexity index is 250. The van der Waals surface area contributed by atoms with E-state index >= 15 is 0 Å². The number of nitrogens with one attached hydrogen (secondary N) is 1. The first-order valence-electron chi connectivity index (χ1n) is 4.57. The highest BCUT2D eigenvalue weighted by Crippen LogP contribution is 2.15. The standard InChI is InChI=1S/C10H15ClN2/c1-12-6-3-2-4-9-5-7-13-8-10(9)11/h5,7-8,12H,2-4,6H2,1H3. The van der Waals surface area contributed by atoms with Gasteiger partial charge in [0, 0.05) is 12.4 Å². The number of pyridine rings is 1. The van der Waals surface area contributed by atoms with E-state index in [0.29, 0.717) is 0 Å². The maximum Gasteiger partial charge on any atom is 0.0621 e. The zero-order valence-corrected chi connectivity index (χ0v) is 8.64. The predicted molar refractivity (Wildman–Crippen MR) is 56.1 cm³/mol. The van der Waals surface area contributed by atoms with Crippen molar-refractivity contribution in [2.45, 2.75) is 19.3 Å². The Labute approximate surface area is 84.3 Å². The van der Waals surface area contributed by atoms with Gasteiger partial charge in [-0.15, -0.1) is 0 Å². The van der Waals surface area contributed by atoms with Gasteiger partial charge >= 0.3 is 0 Å². The minimum absolute atomic E-state index is 0.784. The second kappa shape index (κ2) is 5.95. The molecule has 72 valence electrons. The molecular weight excluding hydrogens is 184 g/mol. The highest BCUT2D eigenvalue weighted by atomic mass is 35.5. The Balaban J connectivity index is 2.32. The number of hydrogen-bond donors (Lipinski definition) is 1. The number of rotatable bonds is 5. The lowest BCUT2D eigenvalue weighted by Gasteiger charge is -2.02. The van der Waals surface area contributed by atoms with E-state index in [-0.39, 0.29) is 0 Å². The maximum absolute atomic E-state index is 5.96. The molecule has 0 radical (unpaired) electrons. The molecule has 0 atom stereocenters. The van der Waals surface area contributed by atoms with Crippen LogP contribution in [0.3, 0.4) is 0 Å². The molecule has 0 aromatic carbocycles. The molecule has 1 N–H and O–H groups in total. The minimum Gasteiger partial charge on any atom is -0.320 e. The molecule has 0 aliphatic heterocycles. The fourth-order valence-corrected chi connectivity index (χ4v) is 1.44. The first-order valence-corrected chi connectivity index (χ1v) is 4.95. The van der Waals surface area contributed by atoms with Crippen molar-refractivity contribution < 1.29 is 0 Å². The summed E-state index contributed by atoms with van der Waals surface area (Å²) in [6, 6.07) is 1.99. The summed E-state index contributed by atoms with van der Waals surface area (Å²) >= 11 is 5.96. The fourth-order valence-electron chi connectivity index (χ4n) is 1.22. The Hall–Kier alpha value is -0.600. The molecular formula is C10H15ClN2. The van der Waals surface area contributed by atoms with Crippen molar-refractivity contribution in [3.8, 4) is 0 Å². The summed E-state index contributed by atoms with van der Waals surface area (Å²) in [4.78, 5) is 3.95. The average Bonchev–Trinajstić information content (AvgIpc) is 2.15. The highest BCUT2D eigenvalue weighted by molar-refractivity contribution is 6.31. The van der Waals surface area contributed by atoms with E-state index in [0.717, 1.165) is 18.0 Å². The van der Waals surface area contributed by atoms with Crippen LogP contribution in [-0.4, -0.2) is 18.6 Å². The van der Waals surface area contributed by atoms with E-state index in [1.54, 1.807) is 12.4 Å². The fraction of sp³-hybridized carbons (Fsp3) is 0.500. The van der Waals surface area contributed by atoms with Crippen molar-refractivity contribution in [3.63, 3.8) is 0 Å². The lowest BCUT2D eigenvalue weighted by Crippen LogP contribution is -2.07. The third kappa shape index (κ3) is 3.75. The Morgan fingerprint density at radius 3 is 3.00 bits per heavy atom. The van der Waals surface area contributed by atoms with Gasteiger partial charge in [0.15, 0.2) is 0 Å². The first kappa shape index (κ1) is 10.5. The third-order valence-electron chi connectivity index (χ3n) is 1.98. The summed E-state index contributed by atoms with van der Waals surface area (Å²) in [5.74, 6) is 0. The molecule has 2 nitrogen and oxygen atoms in total. The number of halogens is 1. The zero-order chi connectivity index (χ0) is 9.52. The second-order valence-corrected chi connectivity index (χ2v) is 3.43. The van der Waals surface area contributed by atoms with E-state index in [1.165, 1.54) is 18.4 Å². The summed E-state index contributed by atoms with van der Waals surface area (Å²) in [6.07, 6.45) is 6.90. The number of unbranched alkanes of at least 4 members (excludes halogenated alkanes) is 1. The van der Waals surface area contributed by atoms with Gasteiger partial charge in [0.2, 0.25) is 0 Å². The zero-order valence-electron chi connectivity index (χ0n) is 7.89. The largest absolute Gasteiger partial charge is 0.320 e. The lowest BCUT2D eigenvalue weighted by molar-refractivity contribution is 0.677. The highest BCUT2D eigenvalue weighted by Gasteiger charge is 1.98. The second-order valence-electron chi connectivity index (χ2n) is 3.03. The van der Waals surface area contributed by atoms with Gasteiger partial charge in [-0.3, -0.25) is 4.98 Å². The van der Waals surface area contributed by atoms with Crippen LogP contribution in [0.4, 0.5) is 0 Å². The van der Waals surface area contributed by atoms with Gasteiger partial charge in [0.1, 0.15) is 0 Å². The van der Waals surface area contributed by atoms with Crippen molar-refractivity contribution in [1.29, 1.82) is 0 Å². The smallest absolute Gasteiger partial charge is 0.0621 e. The average molecular weight is 199 g/mol. The summed E-state index contributed by atoms with van der Waals surface area (Å²) in [6.45, 7) is 1.07. The number of aryl methyl sites for hydroxylation is 1. The topological polar surface area (TPSA) is 24.9 Å². The molecule has 1 heterocycles. The van der Waals surface area contributed by atoms with Crippen LogP contribution in [0.25, 0.3) is 0 Å². The Morgan fingerprint density at radius 2 is 2.31 bits per heavy atom. The van der Waals surface area contributed by atoms with Crippen LogP contribution in [0, 0.1) is 0 Å². The molecule has 0 fully saturated rings. The molecule has 0 unspecified atom stereocenters. The number of nitrogens with zero attached hydrogens (tertiary/aromatic N) is 1. The van der Waals surface area contributed by atoms with Crippen molar-refractivity contribution in [3.05, 3.63) is 29.0 Å². The maximum atomic E-state index is 5.96. The van der Waals surface area contributed by atoms with Crippen molar-refractivity contribution in [1.82, 2.24) is 10.3 Å². The van der Waals surface area contributed by atoms with E-state index < -0.39 is 0 Å². The van der Waals surface area contributed by atoms with E-state index in [9.17, 15) is 0 Å². The summed E-state index contributed by atoms with van der Waals surface area (Å²) < 4.78 is 0. The monoisotopic (exact) mass is 198 g/mol. The van der Waals surface area contributed by atoms with Crippen LogP contribution in [-0.2, 0) is 6.42 Å². The molecule has 0 saturated heterocycles. The molecule has 0 spiro atoms. The summed E-state index contributed by atoms with van der Waals surface area (Å²) in [5, 5.41) is 3.91. The van der Waals surface area contributed by atoms with E-state index in [2.05, 4.69) is 10.3 Å². The van der Waals surface area contributed by atoms with Crippen LogP contribution >= 0.6 is 11.6 Å². The molecule has 1 aromatic rings. The van der Waals surface area contributed by atoms with Gasteiger partial charge in [0.05, 0.1) is 5.02 Å². The Morgan fingerprint density at radius 1 is 1.46 bits per heavy atom. The van der Waals surface area contributed by atoms with Crippen LogP contribution < -0.4 is 5.32 Å². The van der Waals surface area contributed by atoms with Gasteiger partial charge in [-0.1, -0.05) is 11.6 Å². The van der Waals surface area contributed by atoms with Crippen LogP contribution in [0.5, 0.6) is 0 Å². The molecule has 0 aliphatic rings. The van der Waals surface area contributed by atoms with Crippen molar-refractivity contribution >= 4 is 11.6 Å². The minimum atomic E-state index is 0.784. The molecule has 0 saturated carbocycles. The number of aromatic nitrogens is 1. The van der Waals surface area contributed by atoms with Gasteiger partial charge in [-0.05, 0) is 44.5 Å². The molecule has 0 aliphatic carbocycles. The van der Waals surface area contributed by atoms with Crippen molar-refractivity contribution in [2.24, 2.45) is 0 Å². The van der Waals surface area contributed by atoms with Crippen molar-refractivity contribution in [2.75, 3.05) is 13.6 Å². The van der Waals surface area contributed by atoms with Gasteiger partial charge in [-0.25, -0.2) is 0 Å². The predicted octanol–water partition coefficient (Wildman–Crippen LogP) is 2.28. The lowest BCUT2D eigenvalue weighted by atomic mass is 10.1. The molecule has 1 rings (SSSR count). The molecule has 0 amide bonds. The third-order valence-corrected chi connectivity index (χ3v) is 2.32. The van der Waals surface area contributed by atoms with Crippen LogP contribution in [0.15, 0.2) is 18.5 Å². The normalized spacial score (nSPS) is 10.3. The van der Waals surface area contributed by atoms with Gasteiger partial charge < -0.3 is 5.32 Å². The molecule has 3 heteroatoms. The van der Waals surface area contributed by atoms with Gasteiger partial charge in [0.25, 0.3) is 0 Å². The number of hydrogen-bond acceptors (Lipinski definition) is 2. The van der Waals surface area contributed by atoms with E-state index in [4.69, 9.17) is 11.6 Å². The van der Waals surface area contributed by atoms with Crippen LogP contribution in [0.1, 0.15) is 18.4 Å². The quantitative estimate of drug-likeness (QED) is 0.735. The molecule has 1 aromatic heterocycles. The molecule has 13 heavy (non-hydrogen) atoms. The molecule has 0 bridgehead atoms. The Kier molecular flexibility index (Phi) is 4.79. The first-order chi connectivity index (χ1) is 6.34. The van der Waals surface area contributed by atoms with Crippen LogP contribution in [0.2, 0.25) is 5.02 Å². The SMILES string of the molecule is CNCCCCc1ccncc1Cl. The van der Waals surface area contributed by atoms with Gasteiger partial charge in [-0.2, -0.15) is 0 Å². The van der Waals surface area contributed by atoms with E-state index in [1.807, 2.05) is 13.1 Å². The summed E-state index contributed by atoms with van der Waals surface area (Å²) in [5.41, 5.74) is 1.20.